The van der Waals surface area contributed by atoms with Gasteiger partial charge in [0.1, 0.15) is 0 Å². The first kappa shape index (κ1) is 15.3. The molecule has 2 fully saturated rings. The number of nitrogens with zero attached hydrogens (tertiary/aromatic N) is 1. The lowest BCUT2D eigenvalue weighted by atomic mass is 9.70. The number of likely N-dealkylation sites (tertiary alicyclic amines) is 1. The van der Waals surface area contributed by atoms with Gasteiger partial charge in [-0.3, -0.25) is 0 Å². The summed E-state index contributed by atoms with van der Waals surface area (Å²) in [6, 6.07) is 0. The van der Waals surface area contributed by atoms with Crippen molar-refractivity contribution >= 4 is 0 Å². The van der Waals surface area contributed by atoms with Crippen molar-refractivity contribution in [3.8, 4) is 0 Å². The Kier molecular flexibility index (Phi) is 5.30. The lowest BCUT2D eigenvalue weighted by molar-refractivity contribution is 0.0516. The van der Waals surface area contributed by atoms with E-state index in [1.807, 2.05) is 0 Å². The van der Waals surface area contributed by atoms with Crippen molar-refractivity contribution in [3.63, 3.8) is 0 Å². The van der Waals surface area contributed by atoms with Crippen LogP contribution in [0.2, 0.25) is 0 Å². The Morgan fingerprint density at radius 1 is 1.05 bits per heavy atom. The number of hydrogen-bond donors (Lipinski definition) is 1. The Bertz CT molecular complexity index is 268. The van der Waals surface area contributed by atoms with Crippen LogP contribution in [0.15, 0.2) is 0 Å². The van der Waals surface area contributed by atoms with Crippen LogP contribution in [0, 0.1) is 23.2 Å². The van der Waals surface area contributed by atoms with Crippen molar-refractivity contribution in [2.45, 2.75) is 52.9 Å². The van der Waals surface area contributed by atoms with E-state index in [0.29, 0.717) is 5.41 Å². The zero-order valence-corrected chi connectivity index (χ0v) is 13.5. The van der Waals surface area contributed by atoms with Crippen molar-refractivity contribution in [2.24, 2.45) is 23.2 Å². The van der Waals surface area contributed by atoms with Gasteiger partial charge < -0.3 is 10.2 Å². The van der Waals surface area contributed by atoms with E-state index in [-0.39, 0.29) is 0 Å². The summed E-state index contributed by atoms with van der Waals surface area (Å²) in [4.78, 5) is 2.76. The van der Waals surface area contributed by atoms with E-state index >= 15 is 0 Å². The first-order valence-electron chi connectivity index (χ1n) is 8.41. The van der Waals surface area contributed by atoms with Gasteiger partial charge in [-0.1, -0.05) is 33.6 Å². The maximum atomic E-state index is 3.48. The molecule has 0 aromatic carbocycles. The molecule has 1 aliphatic heterocycles. The Labute approximate surface area is 120 Å². The minimum atomic E-state index is 0.557. The Morgan fingerprint density at radius 2 is 1.74 bits per heavy atom. The molecule has 2 aliphatic rings. The van der Waals surface area contributed by atoms with Crippen molar-refractivity contribution in [1.29, 1.82) is 0 Å². The summed E-state index contributed by atoms with van der Waals surface area (Å²) in [5.74, 6) is 2.75. The SMILES string of the molecule is CNCC1(CN2CCC(C)C(C)C2)CCC(C)CC1. The van der Waals surface area contributed by atoms with Gasteiger partial charge in [0, 0.05) is 19.6 Å². The van der Waals surface area contributed by atoms with E-state index < -0.39 is 0 Å². The van der Waals surface area contributed by atoms with Gasteiger partial charge in [0.05, 0.1) is 0 Å². The normalized spacial score (nSPS) is 41.4. The topological polar surface area (TPSA) is 15.3 Å². The molecule has 2 nitrogen and oxygen atoms in total. The van der Waals surface area contributed by atoms with Gasteiger partial charge >= 0.3 is 0 Å². The molecular formula is C17H34N2. The molecule has 1 saturated carbocycles. The van der Waals surface area contributed by atoms with Crippen LogP contribution in [0.5, 0.6) is 0 Å². The summed E-state index contributed by atoms with van der Waals surface area (Å²) in [5.41, 5.74) is 0.557. The summed E-state index contributed by atoms with van der Waals surface area (Å²) < 4.78 is 0. The number of nitrogens with one attached hydrogen (secondary N) is 1. The largest absolute Gasteiger partial charge is 0.319 e. The zero-order valence-electron chi connectivity index (χ0n) is 13.5. The average molecular weight is 266 g/mol. The van der Waals surface area contributed by atoms with Gasteiger partial charge in [-0.15, -0.1) is 0 Å². The van der Waals surface area contributed by atoms with Crippen LogP contribution < -0.4 is 5.32 Å². The minimum absolute atomic E-state index is 0.557. The quantitative estimate of drug-likeness (QED) is 0.839. The van der Waals surface area contributed by atoms with E-state index in [0.717, 1.165) is 17.8 Å². The van der Waals surface area contributed by atoms with E-state index in [2.05, 4.69) is 38.0 Å². The lowest BCUT2D eigenvalue weighted by Crippen LogP contribution is -2.49. The van der Waals surface area contributed by atoms with Gasteiger partial charge in [0.25, 0.3) is 0 Å². The zero-order chi connectivity index (χ0) is 13.9. The van der Waals surface area contributed by atoms with Gasteiger partial charge in [0.15, 0.2) is 0 Å². The molecule has 1 N–H and O–H groups in total. The molecule has 2 heteroatoms. The molecule has 0 amide bonds. The Hall–Kier alpha value is -0.0800. The smallest absolute Gasteiger partial charge is 0.00503 e. The van der Waals surface area contributed by atoms with Gasteiger partial charge in [-0.25, -0.2) is 0 Å². The van der Waals surface area contributed by atoms with Crippen LogP contribution in [-0.2, 0) is 0 Å². The summed E-state index contributed by atoms with van der Waals surface area (Å²) in [6.45, 7) is 12.5. The highest BCUT2D eigenvalue weighted by atomic mass is 15.1. The molecule has 0 bridgehead atoms. The maximum absolute atomic E-state index is 3.48. The fourth-order valence-corrected chi connectivity index (χ4v) is 4.11. The van der Waals surface area contributed by atoms with E-state index in [1.165, 1.54) is 58.3 Å². The molecule has 1 heterocycles. The second-order valence-corrected chi connectivity index (χ2v) is 7.69. The molecule has 112 valence electrons. The molecule has 0 radical (unpaired) electrons. The molecule has 0 aromatic heterocycles. The van der Waals surface area contributed by atoms with Crippen LogP contribution in [0.3, 0.4) is 0 Å². The molecule has 2 rings (SSSR count). The average Bonchev–Trinajstić information content (AvgIpc) is 2.38. The second-order valence-electron chi connectivity index (χ2n) is 7.69. The first-order valence-corrected chi connectivity index (χ1v) is 8.41. The summed E-state index contributed by atoms with van der Waals surface area (Å²) in [5, 5.41) is 3.48. The highest BCUT2D eigenvalue weighted by molar-refractivity contribution is 4.90. The molecule has 0 spiro atoms. The highest BCUT2D eigenvalue weighted by Gasteiger charge is 2.36. The predicted molar refractivity (Wildman–Crippen MR) is 83.4 cm³/mol. The van der Waals surface area contributed by atoms with Crippen molar-refractivity contribution in [2.75, 3.05) is 33.2 Å². The van der Waals surface area contributed by atoms with Crippen LogP contribution in [0.4, 0.5) is 0 Å². The fraction of sp³-hybridized carbons (Fsp3) is 1.00. The molecule has 0 aromatic rings. The number of piperidine rings is 1. The molecule has 2 atom stereocenters. The molecule has 1 aliphatic carbocycles. The minimum Gasteiger partial charge on any atom is -0.319 e. The van der Waals surface area contributed by atoms with Crippen molar-refractivity contribution in [1.82, 2.24) is 10.2 Å². The van der Waals surface area contributed by atoms with E-state index in [9.17, 15) is 0 Å². The van der Waals surface area contributed by atoms with Gasteiger partial charge in [-0.05, 0) is 56.0 Å². The number of hydrogen-bond acceptors (Lipinski definition) is 2. The summed E-state index contributed by atoms with van der Waals surface area (Å²) in [7, 11) is 2.13. The third-order valence-corrected chi connectivity index (χ3v) is 5.86. The Morgan fingerprint density at radius 3 is 2.32 bits per heavy atom. The fourth-order valence-electron chi connectivity index (χ4n) is 4.11. The summed E-state index contributed by atoms with van der Waals surface area (Å²) in [6.07, 6.45) is 7.11. The monoisotopic (exact) mass is 266 g/mol. The van der Waals surface area contributed by atoms with Gasteiger partial charge in [-0.2, -0.15) is 0 Å². The van der Waals surface area contributed by atoms with Crippen LogP contribution in [0.1, 0.15) is 52.9 Å². The molecule has 1 saturated heterocycles. The highest BCUT2D eigenvalue weighted by Crippen LogP contribution is 2.40. The van der Waals surface area contributed by atoms with Crippen molar-refractivity contribution < 1.29 is 0 Å². The van der Waals surface area contributed by atoms with Crippen molar-refractivity contribution in [3.05, 3.63) is 0 Å². The standard InChI is InChI=1S/C17H34N2/c1-14-5-8-17(9-6-14,12-18-4)13-19-10-7-15(2)16(3)11-19/h14-16,18H,5-13H2,1-4H3. The van der Waals surface area contributed by atoms with E-state index in [4.69, 9.17) is 0 Å². The molecule has 2 unspecified atom stereocenters. The lowest BCUT2D eigenvalue weighted by Gasteiger charge is -2.45. The first-order chi connectivity index (χ1) is 9.04. The maximum Gasteiger partial charge on any atom is 0.00503 e. The van der Waals surface area contributed by atoms with Gasteiger partial charge in [0.2, 0.25) is 0 Å². The Balaban J connectivity index is 1.93. The van der Waals surface area contributed by atoms with E-state index in [1.54, 1.807) is 0 Å². The third-order valence-electron chi connectivity index (χ3n) is 5.86. The predicted octanol–water partition coefficient (Wildman–Crippen LogP) is 3.38. The third kappa shape index (κ3) is 3.95. The summed E-state index contributed by atoms with van der Waals surface area (Å²) >= 11 is 0. The van der Waals surface area contributed by atoms with Crippen LogP contribution >= 0.6 is 0 Å². The molecule has 19 heavy (non-hydrogen) atoms. The molecular weight excluding hydrogens is 232 g/mol. The second kappa shape index (κ2) is 6.58. The number of rotatable bonds is 4. The van der Waals surface area contributed by atoms with Crippen LogP contribution in [-0.4, -0.2) is 38.1 Å². The van der Waals surface area contributed by atoms with Crippen LogP contribution in [0.25, 0.3) is 0 Å².